The summed E-state index contributed by atoms with van der Waals surface area (Å²) < 4.78 is 20.7. The Morgan fingerprint density at radius 3 is 2.19 bits per heavy atom. The van der Waals surface area contributed by atoms with Crippen LogP contribution < -0.4 is 13.7 Å². The summed E-state index contributed by atoms with van der Waals surface area (Å²) in [5.41, 5.74) is 1.13. The van der Waals surface area contributed by atoms with Gasteiger partial charge in [0.25, 0.3) is 0 Å². The molecule has 0 heterocycles. The van der Waals surface area contributed by atoms with Crippen LogP contribution in [0.1, 0.15) is 5.56 Å². The predicted molar refractivity (Wildman–Crippen MR) is 107 cm³/mol. The fourth-order valence-corrected chi connectivity index (χ4v) is 5.45. The van der Waals surface area contributed by atoms with Crippen molar-refractivity contribution in [1.82, 2.24) is 0 Å². The van der Waals surface area contributed by atoms with Crippen molar-refractivity contribution in [2.45, 2.75) is 6.61 Å². The molecule has 0 fully saturated rings. The quantitative estimate of drug-likeness (QED) is 0.470. The molecule has 4 aromatic carbocycles. The van der Waals surface area contributed by atoms with E-state index in [1.54, 1.807) is 0 Å². The van der Waals surface area contributed by atoms with E-state index in [2.05, 4.69) is 12.1 Å². The minimum absolute atomic E-state index is 0.528. The molecular formula is C23H18O2Se. The van der Waals surface area contributed by atoms with E-state index in [4.69, 9.17) is 4.74 Å². The van der Waals surface area contributed by atoms with E-state index in [1.807, 2.05) is 84.9 Å². The van der Waals surface area contributed by atoms with E-state index in [9.17, 15) is 3.83 Å². The Labute approximate surface area is 157 Å². The third kappa shape index (κ3) is 3.60. The third-order valence-corrected chi connectivity index (χ3v) is 7.29. The van der Waals surface area contributed by atoms with Crippen LogP contribution in [0.15, 0.2) is 97.1 Å². The van der Waals surface area contributed by atoms with Gasteiger partial charge >= 0.3 is 157 Å². The second-order valence-corrected chi connectivity index (χ2v) is 9.03. The van der Waals surface area contributed by atoms with Crippen LogP contribution in [0, 0.1) is 0 Å². The second kappa shape index (κ2) is 7.65. The number of ether oxygens (including phenoxy) is 1. The molecule has 1 atom stereocenters. The van der Waals surface area contributed by atoms with Gasteiger partial charge < -0.3 is 0 Å². The van der Waals surface area contributed by atoms with Gasteiger partial charge in [-0.25, -0.2) is 0 Å². The van der Waals surface area contributed by atoms with E-state index < -0.39 is 13.8 Å². The summed E-state index contributed by atoms with van der Waals surface area (Å²) in [6, 6.07) is 31.8. The zero-order valence-electron chi connectivity index (χ0n) is 14.2. The first-order valence-corrected chi connectivity index (χ1v) is 10.9. The van der Waals surface area contributed by atoms with Gasteiger partial charge in [0.1, 0.15) is 0 Å². The predicted octanol–water partition coefficient (Wildman–Crippen LogP) is 3.96. The molecule has 128 valence electrons. The van der Waals surface area contributed by atoms with Crippen LogP contribution in [0.2, 0.25) is 0 Å². The van der Waals surface area contributed by atoms with Gasteiger partial charge in [-0.1, -0.05) is 0 Å². The minimum atomic E-state index is -2.32. The normalized spacial score (nSPS) is 12.0. The molecule has 4 rings (SSSR count). The Balaban J connectivity index is 1.53. The molecule has 0 spiro atoms. The molecule has 0 saturated carbocycles. The summed E-state index contributed by atoms with van der Waals surface area (Å²) >= 11 is -2.32. The van der Waals surface area contributed by atoms with Gasteiger partial charge in [-0.05, 0) is 0 Å². The van der Waals surface area contributed by atoms with Gasteiger partial charge in [0.2, 0.25) is 0 Å². The van der Waals surface area contributed by atoms with Crippen molar-refractivity contribution in [2.75, 3.05) is 0 Å². The Kier molecular flexibility index (Phi) is 4.92. The maximum atomic E-state index is 13.1. The molecule has 2 nitrogen and oxygen atoms in total. The van der Waals surface area contributed by atoms with Crippen molar-refractivity contribution in [2.24, 2.45) is 0 Å². The van der Waals surface area contributed by atoms with Gasteiger partial charge in [0.15, 0.2) is 0 Å². The number of rotatable bonds is 5. The number of hydrogen-bond donors (Lipinski definition) is 0. The zero-order valence-corrected chi connectivity index (χ0v) is 15.9. The molecule has 0 amide bonds. The molecule has 0 aliphatic rings. The average molecular weight is 405 g/mol. The van der Waals surface area contributed by atoms with Crippen molar-refractivity contribution in [3.63, 3.8) is 0 Å². The Bertz CT molecular complexity index is 1040. The van der Waals surface area contributed by atoms with Crippen molar-refractivity contribution in [3.8, 4) is 5.75 Å². The Morgan fingerprint density at radius 2 is 1.38 bits per heavy atom. The first kappa shape index (κ1) is 16.7. The van der Waals surface area contributed by atoms with E-state index >= 15 is 0 Å². The van der Waals surface area contributed by atoms with Crippen molar-refractivity contribution in [1.29, 1.82) is 0 Å². The van der Waals surface area contributed by atoms with Gasteiger partial charge in [-0.2, -0.15) is 0 Å². The van der Waals surface area contributed by atoms with Gasteiger partial charge in [-0.3, -0.25) is 0 Å². The van der Waals surface area contributed by atoms with Crippen LogP contribution in [0.3, 0.4) is 0 Å². The van der Waals surface area contributed by atoms with Crippen LogP contribution >= 0.6 is 0 Å². The number of hydrogen-bond acceptors (Lipinski definition) is 2. The van der Waals surface area contributed by atoms with Crippen molar-refractivity contribution in [3.05, 3.63) is 103 Å². The summed E-state index contributed by atoms with van der Waals surface area (Å²) in [5, 5.41) is 2.19. The summed E-state index contributed by atoms with van der Waals surface area (Å²) in [6.45, 7) is 0.528. The van der Waals surface area contributed by atoms with Gasteiger partial charge in [0, 0.05) is 0 Å². The van der Waals surface area contributed by atoms with E-state index in [0.717, 1.165) is 31.0 Å². The molecule has 0 radical (unpaired) electrons. The standard InChI is InChI=1S/C23H18O2Se/c24-26(23-12-6-10-19-9-4-5-11-22(19)23)21-15-13-20(14-16-21)25-17-18-7-2-1-3-8-18/h1-16H,17H2. The fraction of sp³-hybridized carbons (Fsp3) is 0.0435. The Morgan fingerprint density at radius 1 is 0.692 bits per heavy atom. The molecule has 0 aliphatic carbocycles. The summed E-state index contributed by atoms with van der Waals surface area (Å²) in [4.78, 5) is 0. The van der Waals surface area contributed by atoms with E-state index in [-0.39, 0.29) is 0 Å². The van der Waals surface area contributed by atoms with Crippen LogP contribution in [0.5, 0.6) is 5.75 Å². The van der Waals surface area contributed by atoms with Crippen LogP contribution in [-0.4, -0.2) is 13.8 Å². The van der Waals surface area contributed by atoms with Gasteiger partial charge in [0.05, 0.1) is 0 Å². The topological polar surface area (TPSA) is 26.3 Å². The number of fused-ring (bicyclic) bond motifs is 1. The maximum absolute atomic E-state index is 13.1. The monoisotopic (exact) mass is 406 g/mol. The molecule has 1 unspecified atom stereocenters. The molecular weight excluding hydrogens is 387 g/mol. The SMILES string of the molecule is O=[Se](c1ccc(OCc2ccccc2)cc1)c1cccc2ccccc12. The first-order valence-electron chi connectivity index (χ1n) is 8.47. The van der Waals surface area contributed by atoms with Gasteiger partial charge in [-0.15, -0.1) is 0 Å². The van der Waals surface area contributed by atoms with Crippen molar-refractivity contribution >= 4 is 33.5 Å². The van der Waals surface area contributed by atoms with Crippen LogP contribution in [0.25, 0.3) is 10.8 Å². The molecule has 0 aliphatic heterocycles. The van der Waals surface area contributed by atoms with Crippen molar-refractivity contribution < 1.29 is 8.57 Å². The number of benzene rings is 4. The molecule has 26 heavy (non-hydrogen) atoms. The molecule has 0 aromatic heterocycles. The third-order valence-electron chi connectivity index (χ3n) is 4.24. The van der Waals surface area contributed by atoms with E-state index in [0.29, 0.717) is 6.61 Å². The average Bonchev–Trinajstić information content (AvgIpc) is 2.72. The summed E-state index contributed by atoms with van der Waals surface area (Å²) in [5.74, 6) is 0.786. The summed E-state index contributed by atoms with van der Waals surface area (Å²) in [7, 11) is 0. The zero-order chi connectivity index (χ0) is 17.8. The fourth-order valence-electron chi connectivity index (χ4n) is 2.88. The molecule has 0 saturated heterocycles. The second-order valence-electron chi connectivity index (χ2n) is 5.99. The molecule has 0 N–H and O–H groups in total. The molecule has 3 heteroatoms. The van der Waals surface area contributed by atoms with Crippen LogP contribution in [0.4, 0.5) is 0 Å². The van der Waals surface area contributed by atoms with E-state index in [1.165, 1.54) is 0 Å². The molecule has 4 aromatic rings. The molecule has 0 bridgehead atoms. The first-order chi connectivity index (χ1) is 12.8. The summed E-state index contributed by atoms with van der Waals surface area (Å²) in [6.07, 6.45) is 0. The Hall–Kier alpha value is -2.74. The van der Waals surface area contributed by atoms with Crippen LogP contribution in [-0.2, 0) is 10.4 Å².